The summed E-state index contributed by atoms with van der Waals surface area (Å²) in [4.78, 5) is 0. The lowest BCUT2D eigenvalue weighted by atomic mass is 10.3. The van der Waals surface area contributed by atoms with Gasteiger partial charge in [0.1, 0.15) is 6.67 Å². The average molecular weight is 324 g/mol. The zero-order valence-electron chi connectivity index (χ0n) is 7.39. The minimum atomic E-state index is -0.422. The molecule has 0 amide bonds. The third kappa shape index (κ3) is 4.19. The molecule has 0 unspecified atom stereocenters. The largest absolute Gasteiger partial charge is 0.360 e. The summed E-state index contributed by atoms with van der Waals surface area (Å²) >= 11 is 7.17. The van der Waals surface area contributed by atoms with Crippen molar-refractivity contribution in [3.63, 3.8) is 0 Å². The van der Waals surface area contributed by atoms with Crippen LogP contribution in [0, 0.1) is 3.57 Å². The molecule has 0 aromatic heterocycles. The van der Waals surface area contributed by atoms with E-state index < -0.39 is 6.67 Å². The Morgan fingerprint density at radius 2 is 2.00 bits per heavy atom. The van der Waals surface area contributed by atoms with Gasteiger partial charge in [0.25, 0.3) is 0 Å². The van der Waals surface area contributed by atoms with Crippen LogP contribution in [0.3, 0.4) is 0 Å². The first-order chi connectivity index (χ1) is 6.72. The Labute approximate surface area is 101 Å². The SMILES string of the molecule is FCCNC(=S)Nc1ccc(I)cc1. The van der Waals surface area contributed by atoms with Crippen molar-refractivity contribution in [2.75, 3.05) is 18.5 Å². The summed E-state index contributed by atoms with van der Waals surface area (Å²) in [7, 11) is 0. The molecule has 0 saturated heterocycles. The van der Waals surface area contributed by atoms with E-state index in [2.05, 4.69) is 33.2 Å². The van der Waals surface area contributed by atoms with Crippen LogP contribution >= 0.6 is 34.8 Å². The molecule has 0 spiro atoms. The van der Waals surface area contributed by atoms with Gasteiger partial charge in [-0.1, -0.05) is 0 Å². The van der Waals surface area contributed by atoms with Gasteiger partial charge in [-0.05, 0) is 59.1 Å². The molecule has 0 aliphatic carbocycles. The Morgan fingerprint density at radius 1 is 1.36 bits per heavy atom. The van der Waals surface area contributed by atoms with E-state index in [1.807, 2.05) is 24.3 Å². The first-order valence-electron chi connectivity index (χ1n) is 4.09. The molecule has 2 N–H and O–H groups in total. The van der Waals surface area contributed by atoms with Crippen molar-refractivity contribution in [2.24, 2.45) is 0 Å². The second kappa shape index (κ2) is 6.13. The van der Waals surface area contributed by atoms with Crippen LogP contribution in [0.5, 0.6) is 0 Å². The highest BCUT2D eigenvalue weighted by atomic mass is 127. The van der Waals surface area contributed by atoms with Crippen molar-refractivity contribution >= 4 is 45.6 Å². The smallest absolute Gasteiger partial charge is 0.170 e. The molecule has 0 bridgehead atoms. The normalized spacial score (nSPS) is 9.57. The number of anilines is 1. The molecular formula is C9H10FIN2S. The molecule has 5 heteroatoms. The molecular weight excluding hydrogens is 314 g/mol. The van der Waals surface area contributed by atoms with Gasteiger partial charge in [-0.3, -0.25) is 0 Å². The van der Waals surface area contributed by atoms with E-state index >= 15 is 0 Å². The lowest BCUT2D eigenvalue weighted by Gasteiger charge is -2.08. The van der Waals surface area contributed by atoms with Crippen LogP contribution in [-0.2, 0) is 0 Å². The first kappa shape index (κ1) is 11.6. The number of nitrogens with one attached hydrogen (secondary N) is 2. The molecule has 0 atom stereocenters. The molecule has 1 rings (SSSR count). The molecule has 76 valence electrons. The van der Waals surface area contributed by atoms with Crippen LogP contribution in [0.1, 0.15) is 0 Å². The molecule has 1 aromatic carbocycles. The predicted octanol–water partition coefficient (Wildman–Crippen LogP) is 2.55. The Bertz CT molecular complexity index is 302. The maximum atomic E-state index is 11.8. The summed E-state index contributed by atoms with van der Waals surface area (Å²) in [6.07, 6.45) is 0. The van der Waals surface area contributed by atoms with Crippen LogP contribution in [0.15, 0.2) is 24.3 Å². The van der Waals surface area contributed by atoms with Crippen molar-refractivity contribution in [2.45, 2.75) is 0 Å². The van der Waals surface area contributed by atoms with Gasteiger partial charge in [-0.2, -0.15) is 0 Å². The van der Waals surface area contributed by atoms with Crippen LogP contribution in [-0.4, -0.2) is 18.3 Å². The van der Waals surface area contributed by atoms with Crippen LogP contribution in [0.4, 0.5) is 10.1 Å². The highest BCUT2D eigenvalue weighted by Gasteiger charge is 1.95. The summed E-state index contributed by atoms with van der Waals surface area (Å²) < 4.78 is 13.0. The second-order valence-electron chi connectivity index (χ2n) is 2.58. The quantitative estimate of drug-likeness (QED) is 0.660. The van der Waals surface area contributed by atoms with E-state index in [4.69, 9.17) is 12.2 Å². The Balaban J connectivity index is 2.44. The standard InChI is InChI=1S/C9H10FIN2S/c10-5-6-12-9(14)13-8-3-1-7(11)2-4-8/h1-4H,5-6H2,(H2,12,13,14). The van der Waals surface area contributed by atoms with Gasteiger partial charge in [0.15, 0.2) is 5.11 Å². The maximum absolute atomic E-state index is 11.8. The van der Waals surface area contributed by atoms with Crippen LogP contribution in [0.2, 0.25) is 0 Å². The van der Waals surface area contributed by atoms with Crippen LogP contribution < -0.4 is 10.6 Å². The number of alkyl halides is 1. The summed E-state index contributed by atoms with van der Waals surface area (Å²) in [5.74, 6) is 0. The molecule has 1 aromatic rings. The van der Waals surface area contributed by atoms with E-state index in [-0.39, 0.29) is 6.54 Å². The molecule has 2 nitrogen and oxygen atoms in total. The molecule has 0 saturated carbocycles. The summed E-state index contributed by atoms with van der Waals surface area (Å²) in [6, 6.07) is 7.79. The van der Waals surface area contributed by atoms with Gasteiger partial charge >= 0.3 is 0 Å². The number of rotatable bonds is 3. The summed E-state index contributed by atoms with van der Waals surface area (Å²) in [5.41, 5.74) is 0.904. The number of hydrogen-bond acceptors (Lipinski definition) is 1. The number of thiocarbonyl (C=S) groups is 1. The Hall–Kier alpha value is -0.430. The van der Waals surface area contributed by atoms with Gasteiger partial charge in [0, 0.05) is 15.8 Å². The Morgan fingerprint density at radius 3 is 2.57 bits per heavy atom. The number of halogens is 2. The average Bonchev–Trinajstić information content (AvgIpc) is 2.18. The molecule has 0 heterocycles. The number of hydrogen-bond donors (Lipinski definition) is 2. The third-order valence-electron chi connectivity index (χ3n) is 1.48. The molecule has 0 aliphatic rings. The highest BCUT2D eigenvalue weighted by Crippen LogP contribution is 2.10. The minimum absolute atomic E-state index is 0.246. The van der Waals surface area contributed by atoms with Gasteiger partial charge in [0.2, 0.25) is 0 Å². The van der Waals surface area contributed by atoms with Crippen molar-refractivity contribution in [3.8, 4) is 0 Å². The highest BCUT2D eigenvalue weighted by molar-refractivity contribution is 14.1. The first-order valence-corrected chi connectivity index (χ1v) is 5.57. The van der Waals surface area contributed by atoms with Crippen molar-refractivity contribution in [1.82, 2.24) is 5.32 Å². The minimum Gasteiger partial charge on any atom is -0.360 e. The maximum Gasteiger partial charge on any atom is 0.170 e. The van der Waals surface area contributed by atoms with E-state index in [1.54, 1.807) is 0 Å². The van der Waals surface area contributed by atoms with Crippen molar-refractivity contribution < 1.29 is 4.39 Å². The lowest BCUT2D eigenvalue weighted by molar-refractivity contribution is 0.492. The van der Waals surface area contributed by atoms with Gasteiger partial charge in [0.05, 0.1) is 0 Å². The molecule has 14 heavy (non-hydrogen) atoms. The summed E-state index contributed by atoms with van der Waals surface area (Å²) in [5, 5.41) is 6.14. The van der Waals surface area contributed by atoms with E-state index in [9.17, 15) is 4.39 Å². The van der Waals surface area contributed by atoms with E-state index in [1.165, 1.54) is 0 Å². The molecule has 0 radical (unpaired) electrons. The Kier molecular flexibility index (Phi) is 5.10. The molecule has 0 aliphatic heterocycles. The van der Waals surface area contributed by atoms with Crippen molar-refractivity contribution in [1.29, 1.82) is 0 Å². The zero-order valence-corrected chi connectivity index (χ0v) is 10.4. The predicted molar refractivity (Wildman–Crippen MR) is 69.4 cm³/mol. The fourth-order valence-electron chi connectivity index (χ4n) is 0.869. The monoisotopic (exact) mass is 324 g/mol. The van der Waals surface area contributed by atoms with E-state index in [0.29, 0.717) is 5.11 Å². The third-order valence-corrected chi connectivity index (χ3v) is 2.45. The second-order valence-corrected chi connectivity index (χ2v) is 4.23. The van der Waals surface area contributed by atoms with Crippen LogP contribution in [0.25, 0.3) is 0 Å². The fraction of sp³-hybridized carbons (Fsp3) is 0.222. The zero-order chi connectivity index (χ0) is 10.4. The molecule has 0 fully saturated rings. The lowest BCUT2D eigenvalue weighted by Crippen LogP contribution is -2.29. The number of benzene rings is 1. The van der Waals surface area contributed by atoms with Gasteiger partial charge in [-0.25, -0.2) is 4.39 Å². The summed E-state index contributed by atoms with van der Waals surface area (Å²) in [6.45, 7) is -0.176. The van der Waals surface area contributed by atoms with E-state index in [0.717, 1.165) is 9.26 Å². The fourth-order valence-corrected chi connectivity index (χ4v) is 1.45. The van der Waals surface area contributed by atoms with Gasteiger partial charge < -0.3 is 10.6 Å². The van der Waals surface area contributed by atoms with Crippen molar-refractivity contribution in [3.05, 3.63) is 27.8 Å². The van der Waals surface area contributed by atoms with Gasteiger partial charge in [-0.15, -0.1) is 0 Å². The topological polar surface area (TPSA) is 24.1 Å².